The molecule has 1 fully saturated rings. The summed E-state index contributed by atoms with van der Waals surface area (Å²) in [6, 6.07) is 2.89. The smallest absolute Gasteiger partial charge is 0.0450 e. The first-order valence-corrected chi connectivity index (χ1v) is 6.98. The zero-order valence-electron chi connectivity index (χ0n) is 9.70. The molecule has 0 aromatic carbocycles. The second-order valence-corrected chi connectivity index (χ2v) is 5.80. The van der Waals surface area contributed by atoms with Gasteiger partial charge in [0.05, 0.1) is 0 Å². The molecule has 1 saturated carbocycles. The highest BCUT2D eigenvalue weighted by Crippen LogP contribution is 2.31. The summed E-state index contributed by atoms with van der Waals surface area (Å²) in [5.74, 6) is 1.77. The summed E-state index contributed by atoms with van der Waals surface area (Å²) in [5, 5.41) is 8.01. The zero-order chi connectivity index (χ0) is 10.7. The van der Waals surface area contributed by atoms with E-state index in [0.29, 0.717) is 6.04 Å². The summed E-state index contributed by atoms with van der Waals surface area (Å²) >= 11 is 1.77. The van der Waals surface area contributed by atoms with Crippen LogP contribution in [-0.4, -0.2) is 6.04 Å². The van der Waals surface area contributed by atoms with Crippen LogP contribution in [-0.2, 0) is 0 Å². The standard InChI is InChI=1S/C13H21NS/c1-10(2)11-4-3-5-12(8-11)14-13-6-7-15-9-13/h6-7,9-12,14H,3-5,8H2,1-2H3. The van der Waals surface area contributed by atoms with Crippen LogP contribution in [0.1, 0.15) is 39.5 Å². The molecule has 1 N–H and O–H groups in total. The van der Waals surface area contributed by atoms with E-state index in [-0.39, 0.29) is 0 Å². The van der Waals surface area contributed by atoms with Crippen molar-refractivity contribution >= 4 is 17.0 Å². The Morgan fingerprint density at radius 1 is 1.40 bits per heavy atom. The molecule has 1 aromatic rings. The zero-order valence-corrected chi connectivity index (χ0v) is 10.5. The van der Waals surface area contributed by atoms with Crippen molar-refractivity contribution in [3.05, 3.63) is 16.8 Å². The van der Waals surface area contributed by atoms with Crippen molar-refractivity contribution in [3.63, 3.8) is 0 Å². The number of nitrogens with one attached hydrogen (secondary N) is 1. The highest BCUT2D eigenvalue weighted by Gasteiger charge is 2.23. The van der Waals surface area contributed by atoms with Gasteiger partial charge in [0.15, 0.2) is 0 Å². The van der Waals surface area contributed by atoms with Crippen LogP contribution in [0, 0.1) is 11.8 Å². The summed E-state index contributed by atoms with van der Waals surface area (Å²) in [6.45, 7) is 4.72. The van der Waals surface area contributed by atoms with Crippen molar-refractivity contribution in [2.24, 2.45) is 11.8 Å². The molecule has 15 heavy (non-hydrogen) atoms. The third-order valence-corrected chi connectivity index (χ3v) is 4.23. The van der Waals surface area contributed by atoms with Crippen LogP contribution in [0.5, 0.6) is 0 Å². The Morgan fingerprint density at radius 2 is 2.27 bits per heavy atom. The van der Waals surface area contributed by atoms with E-state index in [4.69, 9.17) is 0 Å². The summed E-state index contributed by atoms with van der Waals surface area (Å²) < 4.78 is 0. The number of anilines is 1. The Hall–Kier alpha value is -0.500. The quantitative estimate of drug-likeness (QED) is 0.802. The van der Waals surface area contributed by atoms with Crippen LogP contribution < -0.4 is 5.32 Å². The van der Waals surface area contributed by atoms with Crippen LogP contribution in [0.4, 0.5) is 5.69 Å². The lowest BCUT2D eigenvalue weighted by Gasteiger charge is -2.32. The predicted molar refractivity (Wildman–Crippen MR) is 68.5 cm³/mol. The molecule has 0 aliphatic heterocycles. The van der Waals surface area contributed by atoms with Gasteiger partial charge in [0.1, 0.15) is 0 Å². The maximum Gasteiger partial charge on any atom is 0.0450 e. The monoisotopic (exact) mass is 223 g/mol. The Bertz CT molecular complexity index is 279. The maximum atomic E-state index is 3.66. The molecule has 2 heteroatoms. The lowest BCUT2D eigenvalue weighted by atomic mass is 9.79. The van der Waals surface area contributed by atoms with E-state index in [1.54, 1.807) is 11.3 Å². The molecular formula is C13H21NS. The average Bonchev–Trinajstić information content (AvgIpc) is 2.71. The van der Waals surface area contributed by atoms with Gasteiger partial charge in [-0.2, -0.15) is 11.3 Å². The predicted octanol–water partition coefficient (Wildman–Crippen LogP) is 4.37. The third kappa shape index (κ3) is 2.97. The molecule has 1 nitrogen and oxygen atoms in total. The van der Waals surface area contributed by atoms with Crippen LogP contribution in [0.15, 0.2) is 16.8 Å². The Kier molecular flexibility index (Phi) is 3.68. The van der Waals surface area contributed by atoms with Crippen molar-refractivity contribution < 1.29 is 0 Å². The Balaban J connectivity index is 1.88. The first-order chi connectivity index (χ1) is 7.25. The van der Waals surface area contributed by atoms with Crippen molar-refractivity contribution in [1.29, 1.82) is 0 Å². The van der Waals surface area contributed by atoms with Crippen molar-refractivity contribution in [1.82, 2.24) is 0 Å². The second-order valence-electron chi connectivity index (χ2n) is 5.02. The normalized spacial score (nSPS) is 26.9. The van der Waals surface area contributed by atoms with Gasteiger partial charge in [-0.25, -0.2) is 0 Å². The highest BCUT2D eigenvalue weighted by molar-refractivity contribution is 7.08. The minimum atomic E-state index is 0.709. The summed E-state index contributed by atoms with van der Waals surface area (Å²) in [7, 11) is 0. The number of hydrogen-bond donors (Lipinski definition) is 1. The van der Waals surface area contributed by atoms with Crippen LogP contribution in [0.3, 0.4) is 0 Å². The summed E-state index contributed by atoms with van der Waals surface area (Å²) in [5.41, 5.74) is 1.31. The second kappa shape index (κ2) is 5.02. The fourth-order valence-electron chi connectivity index (χ4n) is 2.55. The van der Waals surface area contributed by atoms with E-state index < -0.39 is 0 Å². The van der Waals surface area contributed by atoms with Gasteiger partial charge in [-0.1, -0.05) is 26.7 Å². The van der Waals surface area contributed by atoms with Crippen LogP contribution in [0.25, 0.3) is 0 Å². The lowest BCUT2D eigenvalue weighted by Crippen LogP contribution is -2.29. The third-order valence-electron chi connectivity index (χ3n) is 3.55. The van der Waals surface area contributed by atoms with Crippen molar-refractivity contribution in [2.45, 2.75) is 45.6 Å². The van der Waals surface area contributed by atoms with E-state index in [0.717, 1.165) is 11.8 Å². The molecule has 2 atom stereocenters. The van der Waals surface area contributed by atoms with Gasteiger partial charge in [0, 0.05) is 17.1 Å². The fraction of sp³-hybridized carbons (Fsp3) is 0.692. The molecule has 0 saturated heterocycles. The molecule has 1 aliphatic carbocycles. The molecule has 2 rings (SSSR count). The van der Waals surface area contributed by atoms with Gasteiger partial charge in [-0.15, -0.1) is 0 Å². The molecule has 0 amide bonds. The van der Waals surface area contributed by atoms with E-state index in [2.05, 4.69) is 36.0 Å². The number of rotatable bonds is 3. The van der Waals surface area contributed by atoms with Gasteiger partial charge in [0.25, 0.3) is 0 Å². The molecule has 0 bridgehead atoms. The fourth-order valence-corrected chi connectivity index (χ4v) is 3.14. The molecule has 2 unspecified atom stereocenters. The topological polar surface area (TPSA) is 12.0 Å². The number of hydrogen-bond acceptors (Lipinski definition) is 2. The van der Waals surface area contributed by atoms with E-state index in [1.807, 2.05) is 0 Å². The minimum Gasteiger partial charge on any atom is -0.382 e. The summed E-state index contributed by atoms with van der Waals surface area (Å²) in [6.07, 6.45) is 5.52. The first kappa shape index (κ1) is 11.0. The molecule has 1 heterocycles. The van der Waals surface area contributed by atoms with Gasteiger partial charge in [-0.3, -0.25) is 0 Å². The number of thiophene rings is 1. The molecule has 0 radical (unpaired) electrons. The summed E-state index contributed by atoms with van der Waals surface area (Å²) in [4.78, 5) is 0. The van der Waals surface area contributed by atoms with Crippen molar-refractivity contribution in [2.75, 3.05) is 5.32 Å². The van der Waals surface area contributed by atoms with E-state index >= 15 is 0 Å². The van der Waals surface area contributed by atoms with E-state index in [1.165, 1.54) is 31.4 Å². The lowest BCUT2D eigenvalue weighted by molar-refractivity contribution is 0.264. The van der Waals surface area contributed by atoms with Gasteiger partial charge in [-0.05, 0) is 36.1 Å². The molecule has 84 valence electrons. The van der Waals surface area contributed by atoms with Crippen LogP contribution in [0.2, 0.25) is 0 Å². The Labute approximate surface area is 96.9 Å². The molecular weight excluding hydrogens is 202 g/mol. The highest BCUT2D eigenvalue weighted by atomic mass is 32.1. The van der Waals surface area contributed by atoms with Gasteiger partial charge in [0.2, 0.25) is 0 Å². The first-order valence-electron chi connectivity index (χ1n) is 6.04. The minimum absolute atomic E-state index is 0.709. The van der Waals surface area contributed by atoms with Crippen molar-refractivity contribution in [3.8, 4) is 0 Å². The van der Waals surface area contributed by atoms with Crippen LogP contribution >= 0.6 is 11.3 Å². The Morgan fingerprint density at radius 3 is 2.93 bits per heavy atom. The SMILES string of the molecule is CC(C)C1CCCC(Nc2ccsc2)C1. The van der Waals surface area contributed by atoms with E-state index in [9.17, 15) is 0 Å². The average molecular weight is 223 g/mol. The molecule has 1 aromatic heterocycles. The largest absolute Gasteiger partial charge is 0.382 e. The van der Waals surface area contributed by atoms with Gasteiger partial charge >= 0.3 is 0 Å². The van der Waals surface area contributed by atoms with Gasteiger partial charge < -0.3 is 5.32 Å². The molecule has 0 spiro atoms. The maximum absolute atomic E-state index is 3.66. The molecule has 1 aliphatic rings.